The molecule has 0 spiro atoms. The molecule has 19 heavy (non-hydrogen) atoms. The van der Waals surface area contributed by atoms with Gasteiger partial charge in [-0.3, -0.25) is 9.59 Å². The largest absolute Gasteiger partial charge is 0.349 e. The van der Waals surface area contributed by atoms with Crippen molar-refractivity contribution in [3.05, 3.63) is 23.8 Å². The lowest BCUT2D eigenvalue weighted by molar-refractivity contribution is -0.113. The predicted molar refractivity (Wildman–Crippen MR) is 77.6 cm³/mol. The number of amides is 2. The first-order chi connectivity index (χ1) is 8.97. The normalized spacial score (nSPS) is 15.7. The van der Waals surface area contributed by atoms with Crippen molar-refractivity contribution in [3.8, 4) is 0 Å². The highest BCUT2D eigenvalue weighted by Gasteiger charge is 2.18. The topological polar surface area (TPSA) is 58.2 Å². The van der Waals surface area contributed by atoms with E-state index in [1.54, 1.807) is 12.1 Å². The van der Waals surface area contributed by atoms with E-state index in [9.17, 15) is 9.59 Å². The number of fused-ring (bicyclic) bond motifs is 1. The Morgan fingerprint density at radius 2 is 2.11 bits per heavy atom. The van der Waals surface area contributed by atoms with Crippen LogP contribution in [-0.4, -0.2) is 23.6 Å². The number of nitrogens with one attached hydrogen (secondary N) is 2. The van der Waals surface area contributed by atoms with Gasteiger partial charge in [-0.15, -0.1) is 11.8 Å². The van der Waals surface area contributed by atoms with Gasteiger partial charge in [0.25, 0.3) is 5.91 Å². The fraction of sp³-hybridized carbons (Fsp3) is 0.429. The van der Waals surface area contributed by atoms with Gasteiger partial charge in [0.1, 0.15) is 0 Å². The van der Waals surface area contributed by atoms with Crippen molar-refractivity contribution in [1.82, 2.24) is 5.32 Å². The lowest BCUT2D eigenvalue weighted by Gasteiger charge is -2.19. The molecule has 2 N–H and O–H groups in total. The van der Waals surface area contributed by atoms with E-state index in [-0.39, 0.29) is 17.9 Å². The van der Waals surface area contributed by atoms with E-state index in [0.29, 0.717) is 17.2 Å². The molecule has 1 aromatic rings. The highest BCUT2D eigenvalue weighted by molar-refractivity contribution is 8.00. The number of carbonyl (C=O) groups is 2. The zero-order valence-electron chi connectivity index (χ0n) is 11.3. The Labute approximate surface area is 117 Å². The summed E-state index contributed by atoms with van der Waals surface area (Å²) in [5.74, 6) is 0.694. The Hall–Kier alpha value is -1.49. The number of anilines is 1. The average Bonchev–Trinajstić information content (AvgIpc) is 2.37. The molecule has 0 saturated carbocycles. The Morgan fingerprint density at radius 1 is 1.37 bits per heavy atom. The summed E-state index contributed by atoms with van der Waals surface area (Å²) in [4.78, 5) is 24.4. The van der Waals surface area contributed by atoms with E-state index in [4.69, 9.17) is 0 Å². The van der Waals surface area contributed by atoms with Gasteiger partial charge in [-0.25, -0.2) is 0 Å². The fourth-order valence-electron chi connectivity index (χ4n) is 1.68. The first-order valence-corrected chi connectivity index (χ1v) is 7.33. The molecule has 1 aliphatic heterocycles. The van der Waals surface area contributed by atoms with Crippen LogP contribution in [0.1, 0.15) is 31.1 Å². The van der Waals surface area contributed by atoms with E-state index in [2.05, 4.69) is 24.5 Å². The second kappa shape index (κ2) is 5.65. The molecule has 0 aliphatic carbocycles. The quantitative estimate of drug-likeness (QED) is 0.893. The molecule has 1 aromatic carbocycles. The zero-order valence-corrected chi connectivity index (χ0v) is 12.1. The minimum atomic E-state index is -0.103. The van der Waals surface area contributed by atoms with Gasteiger partial charge < -0.3 is 10.6 Å². The summed E-state index contributed by atoms with van der Waals surface area (Å²) in [6.45, 7) is 6.11. The van der Waals surface area contributed by atoms with Gasteiger partial charge in [-0.2, -0.15) is 0 Å². The summed E-state index contributed by atoms with van der Waals surface area (Å²) < 4.78 is 0. The highest BCUT2D eigenvalue weighted by Crippen LogP contribution is 2.31. The smallest absolute Gasteiger partial charge is 0.251 e. The molecule has 0 fully saturated rings. The number of rotatable bonds is 3. The van der Waals surface area contributed by atoms with Crippen LogP contribution in [0, 0.1) is 5.92 Å². The number of thioether (sulfide) groups is 1. The number of hydrogen-bond acceptors (Lipinski definition) is 3. The van der Waals surface area contributed by atoms with Gasteiger partial charge in [-0.1, -0.05) is 13.8 Å². The molecular formula is C14H18N2O2S. The second-order valence-electron chi connectivity index (χ2n) is 5.05. The van der Waals surface area contributed by atoms with E-state index >= 15 is 0 Å². The van der Waals surface area contributed by atoms with Crippen molar-refractivity contribution in [2.75, 3.05) is 11.1 Å². The third-order valence-electron chi connectivity index (χ3n) is 3.23. The Balaban J connectivity index is 2.15. The molecule has 5 heteroatoms. The summed E-state index contributed by atoms with van der Waals surface area (Å²) in [6, 6.07) is 5.54. The molecule has 1 heterocycles. The first-order valence-electron chi connectivity index (χ1n) is 6.35. The van der Waals surface area contributed by atoms with Gasteiger partial charge in [0, 0.05) is 16.5 Å². The molecule has 1 unspecified atom stereocenters. The van der Waals surface area contributed by atoms with Crippen LogP contribution in [0.15, 0.2) is 23.1 Å². The average molecular weight is 278 g/mol. The van der Waals surface area contributed by atoms with Crippen LogP contribution < -0.4 is 10.6 Å². The summed E-state index contributed by atoms with van der Waals surface area (Å²) in [5, 5.41) is 5.75. The van der Waals surface area contributed by atoms with Gasteiger partial charge >= 0.3 is 0 Å². The first kappa shape index (κ1) is 13.9. The third kappa shape index (κ3) is 3.29. The Bertz CT molecular complexity index is 514. The molecule has 4 nitrogen and oxygen atoms in total. The van der Waals surface area contributed by atoms with Crippen LogP contribution in [-0.2, 0) is 4.79 Å². The predicted octanol–water partition coefficient (Wildman–Crippen LogP) is 2.51. The molecular weight excluding hydrogens is 260 g/mol. The van der Waals surface area contributed by atoms with E-state index in [1.165, 1.54) is 11.8 Å². The number of benzene rings is 1. The summed E-state index contributed by atoms with van der Waals surface area (Å²) in [6.07, 6.45) is 0. The lowest BCUT2D eigenvalue weighted by atomic mass is 10.1. The van der Waals surface area contributed by atoms with Crippen molar-refractivity contribution in [2.24, 2.45) is 5.92 Å². The van der Waals surface area contributed by atoms with E-state index in [1.807, 2.05) is 13.0 Å². The van der Waals surface area contributed by atoms with Crippen molar-refractivity contribution in [2.45, 2.75) is 31.7 Å². The van der Waals surface area contributed by atoms with E-state index in [0.717, 1.165) is 10.6 Å². The van der Waals surface area contributed by atoms with Crippen LogP contribution in [0.3, 0.4) is 0 Å². The SMILES string of the molecule is CC(C)C(C)NC(=O)c1ccc2c(c1)NC(=O)CS2. The van der Waals surface area contributed by atoms with Crippen LogP contribution in [0.25, 0.3) is 0 Å². The van der Waals surface area contributed by atoms with Crippen LogP contribution >= 0.6 is 11.8 Å². The van der Waals surface area contributed by atoms with E-state index < -0.39 is 0 Å². The van der Waals surface area contributed by atoms with Crippen molar-refractivity contribution >= 4 is 29.3 Å². The molecule has 0 saturated heterocycles. The van der Waals surface area contributed by atoms with Gasteiger partial charge in [0.2, 0.25) is 5.91 Å². The van der Waals surface area contributed by atoms with Gasteiger partial charge in [-0.05, 0) is 31.0 Å². The Kier molecular flexibility index (Phi) is 4.14. The van der Waals surface area contributed by atoms with Crippen molar-refractivity contribution in [3.63, 3.8) is 0 Å². The minimum Gasteiger partial charge on any atom is -0.349 e. The van der Waals surface area contributed by atoms with Crippen LogP contribution in [0.5, 0.6) is 0 Å². The van der Waals surface area contributed by atoms with Crippen LogP contribution in [0.2, 0.25) is 0 Å². The molecule has 0 aromatic heterocycles. The minimum absolute atomic E-state index is 0.0226. The maximum Gasteiger partial charge on any atom is 0.251 e. The molecule has 1 aliphatic rings. The van der Waals surface area contributed by atoms with Gasteiger partial charge in [0.15, 0.2) is 0 Å². The number of carbonyl (C=O) groups excluding carboxylic acids is 2. The Morgan fingerprint density at radius 3 is 2.79 bits per heavy atom. The van der Waals surface area contributed by atoms with Crippen LogP contribution in [0.4, 0.5) is 5.69 Å². The molecule has 1 atom stereocenters. The lowest BCUT2D eigenvalue weighted by Crippen LogP contribution is -2.36. The summed E-state index contributed by atoms with van der Waals surface area (Å²) in [5.41, 5.74) is 1.31. The molecule has 0 bridgehead atoms. The number of hydrogen-bond donors (Lipinski definition) is 2. The molecule has 2 amide bonds. The third-order valence-corrected chi connectivity index (χ3v) is 4.31. The monoisotopic (exact) mass is 278 g/mol. The maximum atomic E-state index is 12.1. The second-order valence-corrected chi connectivity index (χ2v) is 6.07. The standard InChI is InChI=1S/C14H18N2O2S/c1-8(2)9(3)15-14(18)10-4-5-12-11(6-10)16-13(17)7-19-12/h4-6,8-9H,7H2,1-3H3,(H,15,18)(H,16,17). The summed E-state index contributed by atoms with van der Waals surface area (Å²) in [7, 11) is 0. The van der Waals surface area contributed by atoms with Crippen molar-refractivity contribution in [1.29, 1.82) is 0 Å². The molecule has 0 radical (unpaired) electrons. The fourth-order valence-corrected chi connectivity index (χ4v) is 2.47. The summed E-state index contributed by atoms with van der Waals surface area (Å²) >= 11 is 1.49. The molecule has 2 rings (SSSR count). The highest BCUT2D eigenvalue weighted by atomic mass is 32.2. The van der Waals surface area contributed by atoms with Crippen molar-refractivity contribution < 1.29 is 9.59 Å². The zero-order chi connectivity index (χ0) is 14.0. The van der Waals surface area contributed by atoms with Gasteiger partial charge in [0.05, 0.1) is 11.4 Å². The molecule has 102 valence electrons. The maximum absolute atomic E-state index is 12.1.